The Labute approximate surface area is 167 Å². The van der Waals surface area contributed by atoms with Crippen molar-refractivity contribution < 1.29 is 0 Å². The molecule has 1 atom stereocenters. The molecule has 1 N–H and O–H groups in total. The summed E-state index contributed by atoms with van der Waals surface area (Å²) in [5.41, 5.74) is 1.26. The van der Waals surface area contributed by atoms with Crippen LogP contribution in [0.1, 0.15) is 19.4 Å². The van der Waals surface area contributed by atoms with E-state index in [1.54, 1.807) is 0 Å². The molecule has 0 aliphatic carbocycles. The van der Waals surface area contributed by atoms with Crippen molar-refractivity contribution in [2.24, 2.45) is 10.9 Å². The highest BCUT2D eigenvalue weighted by Gasteiger charge is 2.18. The Kier molecular flexibility index (Phi) is 8.88. The third-order valence-electron chi connectivity index (χ3n) is 5.03. The molecule has 5 nitrogen and oxygen atoms in total. The van der Waals surface area contributed by atoms with Gasteiger partial charge in [0, 0.05) is 64.4 Å². The van der Waals surface area contributed by atoms with Crippen LogP contribution in [-0.2, 0) is 6.54 Å². The van der Waals surface area contributed by atoms with Crippen molar-refractivity contribution in [3.63, 3.8) is 0 Å². The average Bonchev–Trinajstić information content (AvgIpc) is 2.64. The second kappa shape index (κ2) is 10.9. The Morgan fingerprint density at radius 2 is 1.88 bits per heavy atom. The van der Waals surface area contributed by atoms with E-state index in [-0.39, 0.29) is 0 Å². The normalized spacial score (nSPS) is 18.0. The molecule has 6 heteroatoms. The standard InChI is InChI=1S/C20H34BrN5/c1-5-25-10-12-26(13-11-25)15-17(2)14-23-20(22-3)24(4)16-18-8-6-7-9-19(18)21/h6-9,17H,5,10-16H2,1-4H3,(H,22,23). The number of likely N-dealkylation sites (N-methyl/N-ethyl adjacent to an activating group) is 1. The molecule has 0 amide bonds. The summed E-state index contributed by atoms with van der Waals surface area (Å²) in [4.78, 5) is 11.7. The van der Waals surface area contributed by atoms with E-state index in [1.807, 2.05) is 13.1 Å². The van der Waals surface area contributed by atoms with Crippen molar-refractivity contribution in [1.82, 2.24) is 20.0 Å². The highest BCUT2D eigenvalue weighted by Crippen LogP contribution is 2.17. The average molecular weight is 424 g/mol. The summed E-state index contributed by atoms with van der Waals surface area (Å²) in [6.07, 6.45) is 0. The molecule has 26 heavy (non-hydrogen) atoms. The molecule has 1 fully saturated rings. The van der Waals surface area contributed by atoms with Crippen LogP contribution in [0.15, 0.2) is 33.7 Å². The van der Waals surface area contributed by atoms with E-state index in [9.17, 15) is 0 Å². The number of rotatable bonds is 7. The Hall–Kier alpha value is -1.11. The maximum Gasteiger partial charge on any atom is 0.193 e. The van der Waals surface area contributed by atoms with Gasteiger partial charge in [-0.2, -0.15) is 0 Å². The van der Waals surface area contributed by atoms with Crippen molar-refractivity contribution in [2.45, 2.75) is 20.4 Å². The zero-order chi connectivity index (χ0) is 18.9. The minimum Gasteiger partial charge on any atom is -0.356 e. The SMILES string of the molecule is CCN1CCN(CC(C)CNC(=NC)N(C)Cc2ccccc2Br)CC1. The first kappa shape index (κ1) is 21.2. The molecular formula is C20H34BrN5. The number of piperazine rings is 1. The van der Waals surface area contributed by atoms with Crippen molar-refractivity contribution in [3.05, 3.63) is 34.3 Å². The zero-order valence-corrected chi connectivity index (χ0v) is 18.3. The molecule has 0 spiro atoms. The predicted octanol–water partition coefficient (Wildman–Crippen LogP) is 2.73. The third kappa shape index (κ3) is 6.56. The van der Waals surface area contributed by atoms with Crippen LogP contribution in [0, 0.1) is 5.92 Å². The number of halogens is 1. The quantitative estimate of drug-likeness (QED) is 0.539. The lowest BCUT2D eigenvalue weighted by atomic mass is 10.1. The zero-order valence-electron chi connectivity index (χ0n) is 16.7. The molecule has 0 aromatic heterocycles. The molecule has 1 aliphatic rings. The Morgan fingerprint density at radius 1 is 1.23 bits per heavy atom. The first-order valence-corrected chi connectivity index (χ1v) is 10.4. The highest BCUT2D eigenvalue weighted by atomic mass is 79.9. The summed E-state index contributed by atoms with van der Waals surface area (Å²) in [5.74, 6) is 1.54. The van der Waals surface area contributed by atoms with Gasteiger partial charge in [0.2, 0.25) is 0 Å². The van der Waals surface area contributed by atoms with Crippen LogP contribution in [-0.4, -0.2) is 80.6 Å². The Morgan fingerprint density at radius 3 is 2.50 bits per heavy atom. The molecule has 1 aromatic rings. The van der Waals surface area contributed by atoms with Gasteiger partial charge in [-0.3, -0.25) is 4.99 Å². The maximum atomic E-state index is 4.45. The lowest BCUT2D eigenvalue weighted by Crippen LogP contribution is -2.48. The molecule has 0 bridgehead atoms. The minimum absolute atomic E-state index is 0.594. The van der Waals surface area contributed by atoms with Crippen LogP contribution in [0.4, 0.5) is 0 Å². The van der Waals surface area contributed by atoms with Gasteiger partial charge in [0.05, 0.1) is 0 Å². The van der Waals surface area contributed by atoms with Gasteiger partial charge in [-0.1, -0.05) is 48.0 Å². The van der Waals surface area contributed by atoms with E-state index >= 15 is 0 Å². The van der Waals surface area contributed by atoms with E-state index in [2.05, 4.69) is 80.0 Å². The van der Waals surface area contributed by atoms with Crippen LogP contribution in [0.25, 0.3) is 0 Å². The maximum absolute atomic E-state index is 4.45. The van der Waals surface area contributed by atoms with Crippen molar-refractivity contribution in [3.8, 4) is 0 Å². The van der Waals surface area contributed by atoms with E-state index in [0.29, 0.717) is 5.92 Å². The monoisotopic (exact) mass is 423 g/mol. The van der Waals surface area contributed by atoms with Crippen LogP contribution >= 0.6 is 15.9 Å². The molecule has 1 heterocycles. The van der Waals surface area contributed by atoms with Gasteiger partial charge in [0.25, 0.3) is 0 Å². The van der Waals surface area contributed by atoms with Gasteiger partial charge in [-0.25, -0.2) is 0 Å². The van der Waals surface area contributed by atoms with Gasteiger partial charge in [-0.15, -0.1) is 0 Å². The number of hydrogen-bond donors (Lipinski definition) is 1. The second-order valence-corrected chi connectivity index (χ2v) is 8.07. The molecule has 1 unspecified atom stereocenters. The lowest BCUT2D eigenvalue weighted by molar-refractivity contribution is 0.124. The van der Waals surface area contributed by atoms with E-state index in [4.69, 9.17) is 0 Å². The van der Waals surface area contributed by atoms with Gasteiger partial charge >= 0.3 is 0 Å². The first-order valence-electron chi connectivity index (χ1n) is 9.63. The summed E-state index contributed by atoms with van der Waals surface area (Å²) >= 11 is 3.63. The van der Waals surface area contributed by atoms with Crippen LogP contribution in [0.2, 0.25) is 0 Å². The summed E-state index contributed by atoms with van der Waals surface area (Å²) in [7, 11) is 3.94. The summed E-state index contributed by atoms with van der Waals surface area (Å²) in [5, 5.41) is 3.54. The van der Waals surface area contributed by atoms with Crippen molar-refractivity contribution >= 4 is 21.9 Å². The highest BCUT2D eigenvalue weighted by molar-refractivity contribution is 9.10. The number of benzene rings is 1. The summed E-state index contributed by atoms with van der Waals surface area (Å²) in [6, 6.07) is 8.35. The predicted molar refractivity (Wildman–Crippen MR) is 115 cm³/mol. The van der Waals surface area contributed by atoms with E-state index in [0.717, 1.165) is 30.1 Å². The summed E-state index contributed by atoms with van der Waals surface area (Å²) < 4.78 is 1.14. The number of nitrogens with zero attached hydrogens (tertiary/aromatic N) is 4. The van der Waals surface area contributed by atoms with Gasteiger partial charge in [0.1, 0.15) is 0 Å². The first-order chi connectivity index (χ1) is 12.5. The number of guanidine groups is 1. The molecule has 2 rings (SSSR count). The summed E-state index contributed by atoms with van der Waals surface area (Å²) in [6.45, 7) is 13.4. The van der Waals surface area contributed by atoms with E-state index < -0.39 is 0 Å². The molecule has 1 saturated heterocycles. The number of nitrogens with one attached hydrogen (secondary N) is 1. The van der Waals surface area contributed by atoms with E-state index in [1.165, 1.54) is 38.3 Å². The fourth-order valence-electron chi connectivity index (χ4n) is 3.40. The Balaban J connectivity index is 1.76. The fourth-order valence-corrected chi connectivity index (χ4v) is 3.81. The van der Waals surface area contributed by atoms with Crippen LogP contribution < -0.4 is 5.32 Å². The molecule has 146 valence electrons. The molecule has 0 radical (unpaired) electrons. The minimum atomic E-state index is 0.594. The fraction of sp³-hybridized carbons (Fsp3) is 0.650. The van der Waals surface area contributed by atoms with Gasteiger partial charge < -0.3 is 20.0 Å². The number of hydrogen-bond acceptors (Lipinski definition) is 3. The largest absolute Gasteiger partial charge is 0.356 e. The Bertz CT molecular complexity index is 569. The topological polar surface area (TPSA) is 34.1 Å². The van der Waals surface area contributed by atoms with Gasteiger partial charge in [-0.05, 0) is 24.1 Å². The second-order valence-electron chi connectivity index (χ2n) is 7.22. The lowest BCUT2D eigenvalue weighted by Gasteiger charge is -2.35. The molecule has 1 aromatic carbocycles. The molecule has 1 aliphatic heterocycles. The van der Waals surface area contributed by atoms with Crippen molar-refractivity contribution in [2.75, 3.05) is 59.9 Å². The number of aliphatic imine (C=N–C) groups is 1. The van der Waals surface area contributed by atoms with Crippen LogP contribution in [0.5, 0.6) is 0 Å². The molecule has 0 saturated carbocycles. The van der Waals surface area contributed by atoms with Crippen molar-refractivity contribution in [1.29, 1.82) is 0 Å². The third-order valence-corrected chi connectivity index (χ3v) is 5.80. The molecular weight excluding hydrogens is 390 g/mol. The van der Waals surface area contributed by atoms with Gasteiger partial charge in [0.15, 0.2) is 5.96 Å². The smallest absolute Gasteiger partial charge is 0.193 e. The van der Waals surface area contributed by atoms with Crippen LogP contribution in [0.3, 0.4) is 0 Å².